The molecule has 0 radical (unpaired) electrons. The van der Waals surface area contributed by atoms with Crippen LogP contribution in [-0.4, -0.2) is 176 Å². The van der Waals surface area contributed by atoms with Crippen LogP contribution < -0.4 is 64.9 Å². The van der Waals surface area contributed by atoms with Crippen LogP contribution in [0.3, 0.4) is 0 Å². The van der Waals surface area contributed by atoms with Crippen molar-refractivity contribution in [2.45, 2.75) is 257 Å². The fourth-order valence-electron chi connectivity index (χ4n) is 12.3. The second-order valence-electron chi connectivity index (χ2n) is 29.8. The molecule has 4 rings (SSSR count). The van der Waals surface area contributed by atoms with E-state index in [0.29, 0.717) is 54.1 Å². The normalized spacial score (nSPS) is 15.1. The molecule has 1 aromatic heterocycles. The van der Waals surface area contributed by atoms with Crippen LogP contribution in [0.4, 0.5) is 8.78 Å². The van der Waals surface area contributed by atoms with Gasteiger partial charge in [-0.3, -0.25) is 73.0 Å². The smallest absolute Gasteiger partial charge is 0.303 e. The van der Waals surface area contributed by atoms with E-state index in [1.807, 2.05) is 32.9 Å². The third-order valence-electron chi connectivity index (χ3n) is 19.0. The average Bonchev–Trinajstić information content (AvgIpc) is 1.72. The summed E-state index contributed by atoms with van der Waals surface area (Å²) in [7, 11) is 0. The first kappa shape index (κ1) is 94.4. The van der Waals surface area contributed by atoms with E-state index in [-0.39, 0.29) is 87.1 Å². The van der Waals surface area contributed by atoms with Crippen molar-refractivity contribution in [1.29, 1.82) is 0 Å². The van der Waals surface area contributed by atoms with Crippen LogP contribution in [0, 0.1) is 29.4 Å². The van der Waals surface area contributed by atoms with Crippen LogP contribution >= 0.6 is 0 Å². The third kappa shape index (κ3) is 33.5. The van der Waals surface area contributed by atoms with Gasteiger partial charge in [0.25, 0.3) is 0 Å². The fraction of sp³-hybridized carbons (Fsp3) is 0.550. The topological polar surface area (TPSA) is 488 Å². The van der Waals surface area contributed by atoms with Gasteiger partial charge in [0.05, 0.1) is 42.7 Å². The molecule has 4 aromatic rings. The molecule has 112 heavy (non-hydrogen) atoms. The Hall–Kier alpha value is -10.0. The molecule has 18 N–H and O–H groups in total. The Kier molecular flexibility index (Phi) is 40.5. The number of carbonyl (C=O) groups is 14. The predicted molar refractivity (Wildman–Crippen MR) is 414 cm³/mol. The number of aromatic hydroxyl groups is 1. The number of H-pyrrole nitrogens is 1. The second kappa shape index (κ2) is 48.0. The van der Waals surface area contributed by atoms with Gasteiger partial charge in [-0.1, -0.05) is 102 Å². The van der Waals surface area contributed by atoms with Crippen LogP contribution in [0.2, 0.25) is 0 Å². The number of unbranched alkanes of at least 4 members (excludes halogenated alkanes) is 5. The van der Waals surface area contributed by atoms with Crippen molar-refractivity contribution >= 4 is 93.5 Å². The molecule has 0 aliphatic carbocycles. The minimum atomic E-state index is -2.14. The number of hydrogen-bond acceptors (Lipinski definition) is 20. The Morgan fingerprint density at radius 3 is 1.82 bits per heavy atom. The van der Waals surface area contributed by atoms with Crippen molar-refractivity contribution in [2.75, 3.05) is 6.67 Å². The van der Waals surface area contributed by atoms with Gasteiger partial charge in [0, 0.05) is 55.9 Å². The highest BCUT2D eigenvalue weighted by Crippen LogP contribution is 2.24. The number of amides is 8. The molecular weight excluding hydrogens is 1450 g/mol. The minimum Gasteiger partial charge on any atom is -0.508 e. The Morgan fingerprint density at radius 2 is 1.20 bits per heavy atom. The number of carboxylic acid groups (broad SMARTS) is 1. The zero-order chi connectivity index (χ0) is 83.4. The number of ketones is 4. The summed E-state index contributed by atoms with van der Waals surface area (Å²) in [6.07, 6.45) is 6.77. The number of phenolic OH excluding ortho intramolecular Hbond substituents is 1. The van der Waals surface area contributed by atoms with E-state index >= 15 is 19.2 Å². The number of primary amides is 2. The van der Waals surface area contributed by atoms with Crippen molar-refractivity contribution in [3.05, 3.63) is 113 Å². The number of para-hydroxylation sites is 1. The number of aliphatic hydroxyl groups excluding tert-OH is 1. The summed E-state index contributed by atoms with van der Waals surface area (Å²) in [5.41, 5.74) is 16.1. The molecule has 32 heteroatoms. The molecule has 0 bridgehead atoms. The lowest BCUT2D eigenvalue weighted by Crippen LogP contribution is -2.65. The SMILES string of the molecule is CC(=O)N[C@@H](CC(C)C)C(=O)N[C@H](C(=O)N[C@@H](Cc1ccc(F)c(F)c1)C(=O)N[C@](C)(CCCCCC/C=C/CCC[C@@H](C)C=O)C(=O)N[C@@H](CCC(=O)O)C(=O)C(=O)[C@H](Cc1ccc(O)cc1)NN[C@@H](Cc1c[nH]c2ccccc12)C(=O)CC(=O)[C@H](C)NCN[C@@H](CCC(N)=O)C(=O)N[C@@H](CCC(C)C)C(N)=O)[C@@H](C)O. The summed E-state index contributed by atoms with van der Waals surface area (Å²) in [5, 5.41) is 53.1. The molecule has 12 atom stereocenters. The number of nitrogens with one attached hydrogen (secondary N) is 11. The third-order valence-corrected chi connectivity index (χ3v) is 19.0. The number of phenols is 1. The Labute approximate surface area is 652 Å². The second-order valence-corrected chi connectivity index (χ2v) is 29.8. The largest absolute Gasteiger partial charge is 0.508 e. The quantitative estimate of drug-likeness (QED) is 0.00558. The van der Waals surface area contributed by atoms with E-state index in [9.17, 15) is 72.0 Å². The Bertz CT molecular complexity index is 3870. The first-order chi connectivity index (χ1) is 52.9. The molecule has 616 valence electrons. The van der Waals surface area contributed by atoms with Gasteiger partial charge in [-0.05, 0) is 163 Å². The van der Waals surface area contributed by atoms with Crippen molar-refractivity contribution in [3.8, 4) is 5.75 Å². The Morgan fingerprint density at radius 1 is 0.580 bits per heavy atom. The maximum atomic E-state index is 15.3. The molecule has 0 spiro atoms. The fourth-order valence-corrected chi connectivity index (χ4v) is 12.3. The number of hydrogen-bond donors (Lipinski definition) is 16. The standard InChI is InChI=1S/C80H115F2N13O17/c1-46(2)24-31-61(74(84)107)89-75(108)62(32-34-69(83)102)87-45-86-49(6)67(100)42-68(101)63(41-54-43-85-59-23-19-18-22-56(54)59)94-95-64(39-52-25-28-55(99)29-26-52)73(106)72(105)60(33-35-70(103)104)91-79(112)80(9,36-20-16-14-12-10-11-13-15-17-21-48(5)44-96)93-77(110)66(40-53-27-30-57(81)58(82)38-53)90-78(111)71(50(7)97)92-76(109)65(37-47(3)4)88-51(8)98/h11,13,18-19,22-23,25-30,38,43-44,46-50,60-66,71,85-87,94-95,97,99H,10,12,14-17,20-21,24,31-37,39-42,45H2,1-9H3,(H2,83,102)(H2,84,107)(H,88,98)(H,89,108)(H,90,111)(H,91,112)(H,92,109)(H,93,110)(H,103,104)/b13-11+/t48-,49+,50-,60+,61+,62+,63+,64+,65+,66+,71+,80-/m1/s1. The van der Waals surface area contributed by atoms with Gasteiger partial charge in [0.15, 0.2) is 23.2 Å². The van der Waals surface area contributed by atoms with Crippen LogP contribution in [0.5, 0.6) is 5.75 Å². The highest BCUT2D eigenvalue weighted by molar-refractivity contribution is 6.41. The lowest BCUT2D eigenvalue weighted by atomic mass is 9.90. The number of carboxylic acids is 1. The van der Waals surface area contributed by atoms with E-state index in [2.05, 4.69) is 58.4 Å². The number of hydrazine groups is 1. The number of allylic oxidation sites excluding steroid dienone is 2. The monoisotopic (exact) mass is 1570 g/mol. The number of benzene rings is 3. The summed E-state index contributed by atoms with van der Waals surface area (Å²) in [6, 6.07) is 2.16. The van der Waals surface area contributed by atoms with Crippen molar-refractivity contribution < 1.29 is 91.2 Å². The van der Waals surface area contributed by atoms with Crippen molar-refractivity contribution in [2.24, 2.45) is 29.2 Å². The summed E-state index contributed by atoms with van der Waals surface area (Å²) < 4.78 is 29.4. The molecule has 3 aromatic carbocycles. The molecule has 0 aliphatic heterocycles. The molecule has 0 unspecified atom stereocenters. The molecule has 0 saturated carbocycles. The molecular formula is C80H115F2N13O17. The maximum Gasteiger partial charge on any atom is 0.303 e. The highest BCUT2D eigenvalue weighted by atomic mass is 19.2. The zero-order valence-electron chi connectivity index (χ0n) is 65.5. The summed E-state index contributed by atoms with van der Waals surface area (Å²) in [6.45, 7) is 14.1. The van der Waals surface area contributed by atoms with E-state index in [0.717, 1.165) is 50.7 Å². The van der Waals surface area contributed by atoms with E-state index in [1.54, 1.807) is 44.3 Å². The van der Waals surface area contributed by atoms with Gasteiger partial charge in [-0.15, -0.1) is 0 Å². The Balaban J connectivity index is 1.75. The number of carbonyl (C=O) groups excluding carboxylic acids is 13. The van der Waals surface area contributed by atoms with E-state index in [4.69, 9.17) is 11.5 Å². The van der Waals surface area contributed by atoms with E-state index in [1.165, 1.54) is 45.0 Å². The summed E-state index contributed by atoms with van der Waals surface area (Å²) in [4.78, 5) is 194. The molecule has 0 saturated heterocycles. The maximum absolute atomic E-state index is 15.3. The van der Waals surface area contributed by atoms with Gasteiger partial charge < -0.3 is 68.5 Å². The van der Waals surface area contributed by atoms with Gasteiger partial charge in [-0.25, -0.2) is 19.6 Å². The molecule has 30 nitrogen and oxygen atoms in total. The van der Waals surface area contributed by atoms with Crippen LogP contribution in [0.25, 0.3) is 10.9 Å². The average molecular weight is 1570 g/mol. The number of aldehydes is 1. The number of halogens is 2. The van der Waals surface area contributed by atoms with Crippen LogP contribution in [-0.2, 0) is 86.4 Å². The number of Topliss-reactive ketones (excluding diaryl/α,β-unsaturated/α-hetero) is 4. The van der Waals surface area contributed by atoms with Crippen molar-refractivity contribution in [3.63, 3.8) is 0 Å². The number of aromatic amines is 1. The van der Waals surface area contributed by atoms with E-state index < -0.39 is 180 Å². The first-order valence-corrected chi connectivity index (χ1v) is 38.2. The number of aromatic nitrogens is 1. The van der Waals surface area contributed by atoms with Crippen LogP contribution in [0.1, 0.15) is 188 Å². The molecule has 0 fully saturated rings. The van der Waals surface area contributed by atoms with Crippen LogP contribution in [0.15, 0.2) is 85.1 Å². The van der Waals surface area contributed by atoms with Gasteiger partial charge >= 0.3 is 5.97 Å². The highest BCUT2D eigenvalue weighted by Gasteiger charge is 2.42. The molecule has 1 heterocycles. The summed E-state index contributed by atoms with van der Waals surface area (Å²) >= 11 is 0. The lowest BCUT2D eigenvalue weighted by Gasteiger charge is -2.34. The molecule has 0 aliphatic rings. The predicted octanol–water partition coefficient (Wildman–Crippen LogP) is 4.27. The minimum absolute atomic E-state index is 0.0580. The van der Waals surface area contributed by atoms with Crippen molar-refractivity contribution in [1.82, 2.24) is 58.4 Å². The number of nitrogens with two attached hydrogens (primary N) is 2. The zero-order valence-corrected chi connectivity index (χ0v) is 65.5. The number of aliphatic carboxylic acids is 1. The number of rotatable bonds is 56. The van der Waals surface area contributed by atoms with Gasteiger partial charge in [-0.2, -0.15) is 0 Å². The van der Waals surface area contributed by atoms with Gasteiger partial charge in [0.1, 0.15) is 41.7 Å². The first-order valence-electron chi connectivity index (χ1n) is 38.2. The molecule has 8 amide bonds. The van der Waals surface area contributed by atoms with Gasteiger partial charge in [0.2, 0.25) is 58.8 Å². The lowest BCUT2D eigenvalue weighted by molar-refractivity contribution is -0.143. The number of aliphatic hydroxyl groups is 1. The summed E-state index contributed by atoms with van der Waals surface area (Å²) in [5.74, 6) is -15.3. The number of fused-ring (bicyclic) bond motifs is 1.